The SMILES string of the molecule is CN/C=C(/Cl)c1ccc(Sc2ccccc2)cc1C=O. The van der Waals surface area contributed by atoms with Gasteiger partial charge in [-0.2, -0.15) is 0 Å². The first-order chi connectivity index (χ1) is 9.74. The number of hydrogen-bond donors (Lipinski definition) is 1. The second kappa shape index (κ2) is 7.17. The minimum Gasteiger partial charge on any atom is -0.393 e. The third kappa shape index (κ3) is 3.65. The summed E-state index contributed by atoms with van der Waals surface area (Å²) in [5.74, 6) is 0. The summed E-state index contributed by atoms with van der Waals surface area (Å²) in [6, 6.07) is 15.7. The van der Waals surface area contributed by atoms with E-state index in [4.69, 9.17) is 11.6 Å². The van der Waals surface area contributed by atoms with Crippen LogP contribution in [-0.2, 0) is 0 Å². The van der Waals surface area contributed by atoms with Gasteiger partial charge in [0, 0.05) is 34.2 Å². The number of aldehydes is 1. The molecule has 0 aliphatic heterocycles. The molecule has 0 aliphatic carbocycles. The van der Waals surface area contributed by atoms with Gasteiger partial charge in [0.15, 0.2) is 6.29 Å². The van der Waals surface area contributed by atoms with Gasteiger partial charge in [0.05, 0.1) is 5.03 Å². The molecule has 2 rings (SSSR count). The first-order valence-electron chi connectivity index (χ1n) is 6.10. The van der Waals surface area contributed by atoms with E-state index in [0.29, 0.717) is 10.6 Å². The maximum Gasteiger partial charge on any atom is 0.150 e. The van der Waals surface area contributed by atoms with E-state index in [1.165, 1.54) is 0 Å². The molecule has 0 unspecified atom stereocenters. The summed E-state index contributed by atoms with van der Waals surface area (Å²) in [6.45, 7) is 0. The smallest absolute Gasteiger partial charge is 0.150 e. The monoisotopic (exact) mass is 303 g/mol. The first kappa shape index (κ1) is 14.7. The van der Waals surface area contributed by atoms with Gasteiger partial charge < -0.3 is 5.32 Å². The summed E-state index contributed by atoms with van der Waals surface area (Å²) in [5, 5.41) is 3.38. The Morgan fingerprint density at radius 1 is 1.15 bits per heavy atom. The lowest BCUT2D eigenvalue weighted by atomic mass is 10.1. The number of halogens is 1. The van der Waals surface area contributed by atoms with Gasteiger partial charge in [-0.3, -0.25) is 4.79 Å². The molecule has 102 valence electrons. The van der Waals surface area contributed by atoms with E-state index in [1.54, 1.807) is 25.0 Å². The van der Waals surface area contributed by atoms with Gasteiger partial charge in [-0.25, -0.2) is 0 Å². The van der Waals surface area contributed by atoms with E-state index >= 15 is 0 Å². The molecule has 0 amide bonds. The zero-order valence-electron chi connectivity index (χ0n) is 11.0. The van der Waals surface area contributed by atoms with Crippen molar-refractivity contribution in [2.45, 2.75) is 9.79 Å². The Bertz CT molecular complexity index is 626. The van der Waals surface area contributed by atoms with E-state index in [0.717, 1.165) is 21.6 Å². The van der Waals surface area contributed by atoms with Crippen LogP contribution in [-0.4, -0.2) is 13.3 Å². The largest absolute Gasteiger partial charge is 0.393 e. The van der Waals surface area contributed by atoms with Crippen molar-refractivity contribution in [1.82, 2.24) is 5.32 Å². The number of nitrogens with one attached hydrogen (secondary N) is 1. The average molecular weight is 304 g/mol. The maximum absolute atomic E-state index is 11.2. The van der Waals surface area contributed by atoms with E-state index in [2.05, 4.69) is 5.32 Å². The molecule has 0 saturated heterocycles. The maximum atomic E-state index is 11.2. The van der Waals surface area contributed by atoms with Crippen molar-refractivity contribution < 1.29 is 4.79 Å². The van der Waals surface area contributed by atoms with Crippen LogP contribution < -0.4 is 5.32 Å². The Labute approximate surface area is 127 Å². The summed E-state index contributed by atoms with van der Waals surface area (Å²) in [6.07, 6.45) is 2.49. The lowest BCUT2D eigenvalue weighted by Crippen LogP contribution is -1.96. The zero-order valence-corrected chi connectivity index (χ0v) is 12.5. The lowest BCUT2D eigenvalue weighted by molar-refractivity contribution is 0.112. The van der Waals surface area contributed by atoms with Crippen molar-refractivity contribution >= 4 is 34.7 Å². The van der Waals surface area contributed by atoms with Gasteiger partial charge in [0.1, 0.15) is 0 Å². The summed E-state index contributed by atoms with van der Waals surface area (Å²) in [5.41, 5.74) is 1.32. The van der Waals surface area contributed by atoms with E-state index in [1.807, 2.05) is 48.5 Å². The molecular formula is C16H14ClNOS. The van der Waals surface area contributed by atoms with Crippen LogP contribution in [0.3, 0.4) is 0 Å². The molecule has 20 heavy (non-hydrogen) atoms. The number of carbonyl (C=O) groups is 1. The Balaban J connectivity index is 2.30. The van der Waals surface area contributed by atoms with Crippen LogP contribution in [0.4, 0.5) is 0 Å². The first-order valence-corrected chi connectivity index (χ1v) is 7.29. The third-order valence-corrected chi connectivity index (χ3v) is 3.97. The molecule has 1 N–H and O–H groups in total. The molecule has 0 saturated carbocycles. The highest BCUT2D eigenvalue weighted by atomic mass is 35.5. The van der Waals surface area contributed by atoms with Gasteiger partial charge >= 0.3 is 0 Å². The Hall–Kier alpha value is -1.71. The topological polar surface area (TPSA) is 29.1 Å². The van der Waals surface area contributed by atoms with Gasteiger partial charge in [-0.05, 0) is 24.3 Å². The molecule has 2 aromatic carbocycles. The van der Waals surface area contributed by atoms with Crippen LogP contribution in [0.1, 0.15) is 15.9 Å². The van der Waals surface area contributed by atoms with E-state index in [9.17, 15) is 4.79 Å². The predicted molar refractivity (Wildman–Crippen MR) is 85.3 cm³/mol. The molecule has 2 aromatic rings. The Morgan fingerprint density at radius 3 is 2.55 bits per heavy atom. The molecule has 0 radical (unpaired) electrons. The number of rotatable bonds is 5. The van der Waals surface area contributed by atoms with Crippen LogP contribution in [0.2, 0.25) is 0 Å². The highest BCUT2D eigenvalue weighted by molar-refractivity contribution is 7.99. The third-order valence-electron chi connectivity index (χ3n) is 2.66. The summed E-state index contributed by atoms with van der Waals surface area (Å²) in [4.78, 5) is 13.4. The molecule has 0 spiro atoms. The highest BCUT2D eigenvalue weighted by Crippen LogP contribution is 2.31. The van der Waals surface area contributed by atoms with Crippen LogP contribution in [0.5, 0.6) is 0 Å². The van der Waals surface area contributed by atoms with E-state index < -0.39 is 0 Å². The van der Waals surface area contributed by atoms with Crippen molar-refractivity contribution in [3.05, 3.63) is 65.9 Å². The van der Waals surface area contributed by atoms with Crippen LogP contribution in [0, 0.1) is 0 Å². The fourth-order valence-corrected chi connectivity index (χ4v) is 2.92. The quantitative estimate of drug-likeness (QED) is 0.830. The molecule has 0 atom stereocenters. The van der Waals surface area contributed by atoms with Crippen LogP contribution in [0.25, 0.3) is 5.03 Å². The van der Waals surface area contributed by atoms with Crippen molar-refractivity contribution in [1.29, 1.82) is 0 Å². The van der Waals surface area contributed by atoms with Crippen LogP contribution >= 0.6 is 23.4 Å². The van der Waals surface area contributed by atoms with E-state index in [-0.39, 0.29) is 0 Å². The fourth-order valence-electron chi connectivity index (χ4n) is 1.75. The molecule has 0 aromatic heterocycles. The second-order valence-corrected chi connectivity index (χ2v) is 5.62. The van der Waals surface area contributed by atoms with Gasteiger partial charge in [0.25, 0.3) is 0 Å². The second-order valence-electron chi connectivity index (χ2n) is 4.06. The van der Waals surface area contributed by atoms with Crippen LogP contribution in [0.15, 0.2) is 64.5 Å². The summed E-state index contributed by atoms with van der Waals surface area (Å²) >= 11 is 7.75. The molecule has 0 aliphatic rings. The highest BCUT2D eigenvalue weighted by Gasteiger charge is 2.07. The number of benzene rings is 2. The summed E-state index contributed by atoms with van der Waals surface area (Å²) < 4.78 is 0. The molecular weight excluding hydrogens is 290 g/mol. The molecule has 2 nitrogen and oxygen atoms in total. The predicted octanol–water partition coefficient (Wildman–Crippen LogP) is 4.41. The van der Waals surface area contributed by atoms with Crippen molar-refractivity contribution in [3.63, 3.8) is 0 Å². The van der Waals surface area contributed by atoms with Crippen molar-refractivity contribution in [2.75, 3.05) is 7.05 Å². The molecule has 0 heterocycles. The summed E-state index contributed by atoms with van der Waals surface area (Å²) in [7, 11) is 1.77. The Kier molecular flexibility index (Phi) is 5.27. The molecule has 0 fully saturated rings. The number of hydrogen-bond acceptors (Lipinski definition) is 3. The lowest BCUT2D eigenvalue weighted by Gasteiger charge is -2.07. The van der Waals surface area contributed by atoms with Gasteiger partial charge in [-0.1, -0.05) is 47.6 Å². The average Bonchev–Trinajstić information content (AvgIpc) is 2.48. The molecule has 4 heteroatoms. The fraction of sp³-hybridized carbons (Fsp3) is 0.0625. The minimum absolute atomic E-state index is 0.519. The van der Waals surface area contributed by atoms with Crippen molar-refractivity contribution in [3.8, 4) is 0 Å². The Morgan fingerprint density at radius 2 is 1.90 bits per heavy atom. The zero-order chi connectivity index (χ0) is 14.4. The van der Waals surface area contributed by atoms with Gasteiger partial charge in [0.2, 0.25) is 0 Å². The van der Waals surface area contributed by atoms with Crippen molar-refractivity contribution in [2.24, 2.45) is 0 Å². The molecule has 0 bridgehead atoms. The number of carbonyl (C=O) groups excluding carboxylic acids is 1. The minimum atomic E-state index is 0.519. The normalized spacial score (nSPS) is 11.2. The van der Waals surface area contributed by atoms with Gasteiger partial charge in [-0.15, -0.1) is 0 Å². The standard InChI is InChI=1S/C16H14ClNOS/c1-18-10-16(17)15-8-7-14(9-12(15)11-19)20-13-5-3-2-4-6-13/h2-11,18H,1H3/b16-10+.